The minimum atomic E-state index is 0.769. The van der Waals surface area contributed by atoms with E-state index in [2.05, 4.69) is 10.2 Å². The van der Waals surface area contributed by atoms with E-state index in [1.54, 1.807) is 0 Å². The van der Waals surface area contributed by atoms with Gasteiger partial charge in [0, 0.05) is 24.7 Å². The molecule has 1 aromatic rings. The van der Waals surface area contributed by atoms with Crippen molar-refractivity contribution in [1.82, 2.24) is 10.2 Å². The molecular formula is C12H15ClN2S. The smallest absolute Gasteiger partial charge is 0.169 e. The van der Waals surface area contributed by atoms with Crippen LogP contribution in [-0.4, -0.2) is 23.1 Å². The molecule has 16 heavy (non-hydrogen) atoms. The Bertz CT molecular complexity index is 358. The number of nitrogens with one attached hydrogen (secondary N) is 1. The predicted molar refractivity (Wildman–Crippen MR) is 71.7 cm³/mol. The normalized spacial score (nSPS) is 15.2. The highest BCUT2D eigenvalue weighted by Gasteiger charge is 2.13. The van der Waals surface area contributed by atoms with E-state index in [9.17, 15) is 0 Å². The minimum Gasteiger partial charge on any atom is -0.358 e. The summed E-state index contributed by atoms with van der Waals surface area (Å²) in [6.45, 7) is 2.95. The molecule has 0 aliphatic carbocycles. The molecule has 1 saturated heterocycles. The van der Waals surface area contributed by atoms with Gasteiger partial charge in [0.1, 0.15) is 0 Å². The van der Waals surface area contributed by atoms with Crippen LogP contribution in [0.1, 0.15) is 18.4 Å². The predicted octanol–water partition coefficient (Wildman–Crippen LogP) is 2.81. The lowest BCUT2D eigenvalue weighted by Gasteiger charge is -2.19. The first-order valence-corrected chi connectivity index (χ1v) is 6.31. The van der Waals surface area contributed by atoms with Crippen molar-refractivity contribution < 1.29 is 0 Å². The molecule has 1 aliphatic rings. The molecule has 0 saturated carbocycles. The molecule has 1 fully saturated rings. The van der Waals surface area contributed by atoms with Crippen molar-refractivity contribution in [1.29, 1.82) is 0 Å². The second-order valence-corrected chi connectivity index (χ2v) is 4.80. The maximum absolute atomic E-state index is 5.82. The Morgan fingerprint density at radius 2 is 1.88 bits per heavy atom. The standard InChI is InChI=1S/C12H15ClN2S/c13-11-5-3-10(4-6-11)9-14-12(16)15-7-1-2-8-15/h3-6H,1-2,7-9H2,(H,14,16). The van der Waals surface area contributed by atoms with Crippen LogP contribution in [0, 0.1) is 0 Å². The Balaban J connectivity index is 1.82. The highest BCUT2D eigenvalue weighted by atomic mass is 35.5. The zero-order valence-electron chi connectivity index (χ0n) is 9.08. The zero-order valence-corrected chi connectivity index (χ0v) is 10.7. The highest BCUT2D eigenvalue weighted by Crippen LogP contribution is 2.10. The lowest BCUT2D eigenvalue weighted by atomic mass is 10.2. The van der Waals surface area contributed by atoms with E-state index < -0.39 is 0 Å². The number of thiocarbonyl (C=S) groups is 1. The SMILES string of the molecule is S=C(NCc1ccc(Cl)cc1)N1CCCC1. The molecule has 1 N–H and O–H groups in total. The lowest BCUT2D eigenvalue weighted by molar-refractivity contribution is 0.506. The quantitative estimate of drug-likeness (QED) is 0.818. The Hall–Kier alpha value is -0.800. The van der Waals surface area contributed by atoms with E-state index in [0.29, 0.717) is 0 Å². The molecule has 1 aliphatic heterocycles. The first-order valence-electron chi connectivity index (χ1n) is 5.53. The highest BCUT2D eigenvalue weighted by molar-refractivity contribution is 7.80. The van der Waals surface area contributed by atoms with Crippen LogP contribution in [0.2, 0.25) is 5.02 Å². The van der Waals surface area contributed by atoms with E-state index >= 15 is 0 Å². The Labute approximate surface area is 107 Å². The summed E-state index contributed by atoms with van der Waals surface area (Å²) in [5.41, 5.74) is 1.20. The third-order valence-electron chi connectivity index (χ3n) is 2.75. The second kappa shape index (κ2) is 5.51. The molecule has 4 heteroatoms. The van der Waals surface area contributed by atoms with Gasteiger partial charge in [-0.1, -0.05) is 23.7 Å². The van der Waals surface area contributed by atoms with Gasteiger partial charge in [0.2, 0.25) is 0 Å². The van der Waals surface area contributed by atoms with Crippen molar-refractivity contribution in [2.24, 2.45) is 0 Å². The van der Waals surface area contributed by atoms with Crippen LogP contribution in [0.4, 0.5) is 0 Å². The van der Waals surface area contributed by atoms with Crippen LogP contribution in [0.15, 0.2) is 24.3 Å². The Morgan fingerprint density at radius 1 is 1.25 bits per heavy atom. The van der Waals surface area contributed by atoms with Gasteiger partial charge in [-0.25, -0.2) is 0 Å². The van der Waals surface area contributed by atoms with E-state index in [1.807, 2.05) is 24.3 Å². The molecule has 86 valence electrons. The van der Waals surface area contributed by atoms with E-state index in [0.717, 1.165) is 29.8 Å². The fraction of sp³-hybridized carbons (Fsp3) is 0.417. The molecule has 0 unspecified atom stereocenters. The zero-order chi connectivity index (χ0) is 11.4. The van der Waals surface area contributed by atoms with Gasteiger partial charge in [-0.15, -0.1) is 0 Å². The van der Waals surface area contributed by atoms with Crippen LogP contribution in [0.25, 0.3) is 0 Å². The van der Waals surface area contributed by atoms with Gasteiger partial charge in [-0.05, 0) is 42.8 Å². The molecule has 2 nitrogen and oxygen atoms in total. The van der Waals surface area contributed by atoms with Crippen LogP contribution in [0.5, 0.6) is 0 Å². The Morgan fingerprint density at radius 3 is 2.50 bits per heavy atom. The molecule has 0 atom stereocenters. The molecule has 1 aromatic carbocycles. The maximum Gasteiger partial charge on any atom is 0.169 e. The molecule has 0 radical (unpaired) electrons. The molecule has 0 bridgehead atoms. The van der Waals surface area contributed by atoms with Gasteiger partial charge in [0.15, 0.2) is 5.11 Å². The van der Waals surface area contributed by atoms with Gasteiger partial charge in [-0.3, -0.25) is 0 Å². The summed E-state index contributed by atoms with van der Waals surface area (Å²) in [7, 11) is 0. The van der Waals surface area contributed by atoms with Crippen LogP contribution < -0.4 is 5.32 Å². The molecule has 1 heterocycles. The number of rotatable bonds is 2. The second-order valence-electron chi connectivity index (χ2n) is 3.98. The van der Waals surface area contributed by atoms with Gasteiger partial charge in [0.25, 0.3) is 0 Å². The monoisotopic (exact) mass is 254 g/mol. The number of hydrogen-bond donors (Lipinski definition) is 1. The van der Waals surface area contributed by atoms with Gasteiger partial charge >= 0.3 is 0 Å². The Kier molecular flexibility index (Phi) is 4.02. The average molecular weight is 255 g/mol. The number of benzene rings is 1. The first kappa shape index (κ1) is 11.7. The van der Waals surface area contributed by atoms with Crippen LogP contribution >= 0.6 is 23.8 Å². The maximum atomic E-state index is 5.82. The van der Waals surface area contributed by atoms with E-state index in [4.69, 9.17) is 23.8 Å². The van der Waals surface area contributed by atoms with Crippen molar-refractivity contribution >= 4 is 28.9 Å². The number of halogens is 1. The molecule has 0 spiro atoms. The third kappa shape index (κ3) is 3.09. The summed E-state index contributed by atoms with van der Waals surface area (Å²) < 4.78 is 0. The average Bonchev–Trinajstić information content (AvgIpc) is 2.81. The first-order chi connectivity index (χ1) is 7.75. The van der Waals surface area contributed by atoms with Crippen molar-refractivity contribution in [2.75, 3.05) is 13.1 Å². The largest absolute Gasteiger partial charge is 0.358 e. The number of hydrogen-bond acceptors (Lipinski definition) is 1. The van der Waals surface area contributed by atoms with E-state index in [1.165, 1.54) is 18.4 Å². The molecule has 0 aromatic heterocycles. The number of likely N-dealkylation sites (tertiary alicyclic amines) is 1. The summed E-state index contributed by atoms with van der Waals surface area (Å²) in [6, 6.07) is 7.83. The third-order valence-corrected chi connectivity index (χ3v) is 3.40. The number of nitrogens with zero attached hydrogens (tertiary/aromatic N) is 1. The van der Waals surface area contributed by atoms with Gasteiger partial charge in [0.05, 0.1) is 0 Å². The summed E-state index contributed by atoms with van der Waals surface area (Å²) in [5, 5.41) is 4.91. The van der Waals surface area contributed by atoms with Crippen molar-refractivity contribution in [3.8, 4) is 0 Å². The molecule has 2 rings (SSSR count). The van der Waals surface area contributed by atoms with Crippen molar-refractivity contribution in [2.45, 2.75) is 19.4 Å². The molecular weight excluding hydrogens is 240 g/mol. The van der Waals surface area contributed by atoms with E-state index in [-0.39, 0.29) is 0 Å². The summed E-state index contributed by atoms with van der Waals surface area (Å²) in [5.74, 6) is 0. The van der Waals surface area contributed by atoms with Crippen molar-refractivity contribution in [3.63, 3.8) is 0 Å². The summed E-state index contributed by atoms with van der Waals surface area (Å²) >= 11 is 11.2. The fourth-order valence-corrected chi connectivity index (χ4v) is 2.19. The minimum absolute atomic E-state index is 0.769. The van der Waals surface area contributed by atoms with Crippen LogP contribution in [-0.2, 0) is 6.54 Å². The van der Waals surface area contributed by atoms with Crippen LogP contribution in [0.3, 0.4) is 0 Å². The van der Waals surface area contributed by atoms with Gasteiger partial charge in [-0.2, -0.15) is 0 Å². The fourth-order valence-electron chi connectivity index (χ4n) is 1.81. The summed E-state index contributed by atoms with van der Waals surface area (Å²) in [6.07, 6.45) is 2.51. The lowest BCUT2D eigenvalue weighted by Crippen LogP contribution is -2.37. The van der Waals surface area contributed by atoms with Crippen molar-refractivity contribution in [3.05, 3.63) is 34.9 Å². The van der Waals surface area contributed by atoms with Gasteiger partial charge < -0.3 is 10.2 Å². The topological polar surface area (TPSA) is 15.3 Å². The summed E-state index contributed by atoms with van der Waals surface area (Å²) in [4.78, 5) is 2.23. The molecule has 0 amide bonds.